The third-order valence-corrected chi connectivity index (χ3v) is 6.26. The van der Waals surface area contributed by atoms with Gasteiger partial charge in [0, 0.05) is 4.43 Å². The zero-order valence-corrected chi connectivity index (χ0v) is 15.9. The molecule has 0 amide bonds. The van der Waals surface area contributed by atoms with E-state index in [9.17, 15) is 0 Å². The highest BCUT2D eigenvalue weighted by molar-refractivity contribution is 14.1. The van der Waals surface area contributed by atoms with Crippen LogP contribution in [0.3, 0.4) is 0 Å². The van der Waals surface area contributed by atoms with Crippen LogP contribution in [-0.2, 0) is 10.3 Å². The number of hydrogen-bond donors (Lipinski definition) is 0. The monoisotopic (exact) mass is 400 g/mol. The number of benzene rings is 1. The van der Waals surface area contributed by atoms with E-state index in [0.29, 0.717) is 5.92 Å². The lowest BCUT2D eigenvalue weighted by Crippen LogP contribution is -2.30. The molecule has 1 aromatic carbocycles. The molecular formula is C19H29IO. The summed E-state index contributed by atoms with van der Waals surface area (Å²) in [4.78, 5) is 0. The molecule has 1 aliphatic carbocycles. The van der Waals surface area contributed by atoms with E-state index in [4.69, 9.17) is 4.74 Å². The van der Waals surface area contributed by atoms with Gasteiger partial charge in [0.25, 0.3) is 0 Å². The van der Waals surface area contributed by atoms with Crippen molar-refractivity contribution in [3.05, 3.63) is 35.4 Å². The second-order valence-corrected chi connectivity index (χ2v) is 7.72. The van der Waals surface area contributed by atoms with Gasteiger partial charge >= 0.3 is 0 Å². The molecule has 0 aliphatic heterocycles. The zero-order chi connectivity index (χ0) is 15.3. The lowest BCUT2D eigenvalue weighted by atomic mass is 9.89. The van der Waals surface area contributed by atoms with Gasteiger partial charge in [0.15, 0.2) is 0 Å². The Balaban J connectivity index is 2.01. The van der Waals surface area contributed by atoms with Crippen LogP contribution < -0.4 is 0 Å². The summed E-state index contributed by atoms with van der Waals surface area (Å²) in [7, 11) is 0. The highest BCUT2D eigenvalue weighted by Crippen LogP contribution is 2.32. The quantitative estimate of drug-likeness (QED) is 0.417. The van der Waals surface area contributed by atoms with Gasteiger partial charge in [-0.05, 0) is 42.7 Å². The van der Waals surface area contributed by atoms with Gasteiger partial charge in [0.2, 0.25) is 0 Å². The number of halogens is 1. The molecule has 1 atom stereocenters. The lowest BCUT2D eigenvalue weighted by molar-refractivity contribution is -0.0392. The Bertz CT molecular complexity index is 420. The first-order valence-corrected chi connectivity index (χ1v) is 9.88. The highest BCUT2D eigenvalue weighted by Gasteiger charge is 2.28. The minimum absolute atomic E-state index is 0.145. The largest absolute Gasteiger partial charge is 0.369 e. The average Bonchev–Trinajstić information content (AvgIpc) is 2.53. The molecule has 1 aromatic rings. The maximum absolute atomic E-state index is 6.40. The van der Waals surface area contributed by atoms with Gasteiger partial charge in [-0.25, -0.2) is 0 Å². The maximum Gasteiger partial charge on any atom is 0.0992 e. The van der Waals surface area contributed by atoms with Crippen LogP contribution in [-0.4, -0.2) is 11.0 Å². The van der Waals surface area contributed by atoms with Crippen LogP contribution in [0.2, 0.25) is 0 Å². The van der Waals surface area contributed by atoms with E-state index >= 15 is 0 Å². The first kappa shape index (κ1) is 17.3. The van der Waals surface area contributed by atoms with Crippen molar-refractivity contribution in [3.8, 4) is 0 Å². The second kappa shape index (κ2) is 7.96. The predicted molar refractivity (Wildman–Crippen MR) is 99.3 cm³/mol. The van der Waals surface area contributed by atoms with Gasteiger partial charge in [-0.2, -0.15) is 0 Å². The summed E-state index contributed by atoms with van der Waals surface area (Å²) in [6, 6.07) is 9.03. The van der Waals surface area contributed by atoms with E-state index in [1.807, 2.05) is 0 Å². The fraction of sp³-hybridized carbons (Fsp3) is 0.684. The van der Waals surface area contributed by atoms with Crippen molar-refractivity contribution in [1.29, 1.82) is 0 Å². The molecule has 0 heterocycles. The van der Waals surface area contributed by atoms with Crippen molar-refractivity contribution < 1.29 is 4.74 Å². The Morgan fingerprint density at radius 2 is 1.76 bits per heavy atom. The molecule has 2 heteroatoms. The minimum atomic E-state index is -0.145. The van der Waals surface area contributed by atoms with Gasteiger partial charge < -0.3 is 4.74 Å². The molecule has 0 aromatic heterocycles. The fourth-order valence-electron chi connectivity index (χ4n) is 3.08. The zero-order valence-electron chi connectivity index (χ0n) is 13.7. The van der Waals surface area contributed by atoms with Crippen LogP contribution in [0.15, 0.2) is 24.3 Å². The summed E-state index contributed by atoms with van der Waals surface area (Å²) in [5.74, 6) is 1.36. The summed E-state index contributed by atoms with van der Waals surface area (Å²) in [6.07, 6.45) is 6.89. The minimum Gasteiger partial charge on any atom is -0.369 e. The Morgan fingerprint density at radius 3 is 2.29 bits per heavy atom. The summed E-state index contributed by atoms with van der Waals surface area (Å²) in [6.45, 7) is 7.65. The third-order valence-electron chi connectivity index (χ3n) is 4.81. The van der Waals surface area contributed by atoms with Gasteiger partial charge in [0.05, 0.1) is 12.2 Å². The van der Waals surface area contributed by atoms with E-state index in [0.717, 1.165) is 17.0 Å². The van der Waals surface area contributed by atoms with Crippen LogP contribution in [0.4, 0.5) is 0 Å². The molecule has 21 heavy (non-hydrogen) atoms. The molecule has 1 fully saturated rings. The van der Waals surface area contributed by atoms with Gasteiger partial charge in [-0.1, -0.05) is 80.0 Å². The fourth-order valence-corrected chi connectivity index (χ4v) is 3.74. The van der Waals surface area contributed by atoms with E-state index in [1.54, 1.807) is 0 Å². The Morgan fingerprint density at radius 1 is 1.14 bits per heavy atom. The number of rotatable bonds is 6. The van der Waals surface area contributed by atoms with Crippen LogP contribution in [0, 0.1) is 5.92 Å². The van der Waals surface area contributed by atoms with E-state index in [2.05, 4.69) is 67.6 Å². The smallest absolute Gasteiger partial charge is 0.0992 e. The molecule has 2 rings (SSSR count). The number of ether oxygens (including phenoxy) is 1. The molecular weight excluding hydrogens is 371 g/mol. The Kier molecular flexibility index (Phi) is 6.54. The van der Waals surface area contributed by atoms with Crippen LogP contribution in [0.5, 0.6) is 0 Å². The van der Waals surface area contributed by atoms with Crippen molar-refractivity contribution in [2.45, 2.75) is 64.4 Å². The molecule has 0 saturated heterocycles. The summed E-state index contributed by atoms with van der Waals surface area (Å²) in [5.41, 5.74) is 2.58. The van der Waals surface area contributed by atoms with Crippen molar-refractivity contribution in [2.24, 2.45) is 5.92 Å². The van der Waals surface area contributed by atoms with Crippen molar-refractivity contribution in [2.75, 3.05) is 11.0 Å². The lowest BCUT2D eigenvalue weighted by Gasteiger charge is -2.32. The van der Waals surface area contributed by atoms with Crippen LogP contribution in [0.1, 0.15) is 69.9 Å². The molecule has 1 saturated carbocycles. The van der Waals surface area contributed by atoms with Crippen LogP contribution >= 0.6 is 22.6 Å². The molecule has 1 aliphatic rings. The van der Waals surface area contributed by atoms with E-state index < -0.39 is 0 Å². The maximum atomic E-state index is 6.40. The summed E-state index contributed by atoms with van der Waals surface area (Å²) in [5, 5.41) is 0. The Hall–Kier alpha value is -0.0900. The number of hydrogen-bond acceptors (Lipinski definition) is 1. The average molecular weight is 400 g/mol. The van der Waals surface area contributed by atoms with Crippen LogP contribution in [0.25, 0.3) is 0 Å². The third kappa shape index (κ3) is 4.69. The van der Waals surface area contributed by atoms with Crippen molar-refractivity contribution in [3.63, 3.8) is 0 Å². The second-order valence-electron chi connectivity index (χ2n) is 6.96. The SMILES string of the molecule is CC(C)c1ccc(C(C)(CI)OCC2CCCCC2)cc1. The molecule has 1 nitrogen and oxygen atoms in total. The van der Waals surface area contributed by atoms with Crippen molar-refractivity contribution >= 4 is 22.6 Å². The first-order valence-electron chi connectivity index (χ1n) is 8.35. The molecule has 1 unspecified atom stereocenters. The van der Waals surface area contributed by atoms with E-state index in [1.165, 1.54) is 43.2 Å². The van der Waals surface area contributed by atoms with Gasteiger partial charge in [-0.15, -0.1) is 0 Å². The standard InChI is InChI=1S/C19H29IO/c1-15(2)17-9-11-18(12-10-17)19(3,14-20)21-13-16-7-5-4-6-8-16/h9-12,15-16H,4-8,13-14H2,1-3H3. The topological polar surface area (TPSA) is 9.23 Å². The number of alkyl halides is 1. The Labute approximate surface area is 144 Å². The van der Waals surface area contributed by atoms with Crippen molar-refractivity contribution in [1.82, 2.24) is 0 Å². The molecule has 0 spiro atoms. The summed E-state index contributed by atoms with van der Waals surface area (Å²) >= 11 is 2.46. The predicted octanol–water partition coefficient (Wildman–Crippen LogP) is 6.06. The van der Waals surface area contributed by atoms with Gasteiger partial charge in [-0.3, -0.25) is 0 Å². The molecule has 0 N–H and O–H groups in total. The molecule has 118 valence electrons. The molecule has 0 radical (unpaired) electrons. The first-order chi connectivity index (χ1) is 10.0. The highest BCUT2D eigenvalue weighted by atomic mass is 127. The molecule has 0 bridgehead atoms. The van der Waals surface area contributed by atoms with Gasteiger partial charge in [0.1, 0.15) is 0 Å². The normalized spacial score (nSPS) is 19.7. The summed E-state index contributed by atoms with van der Waals surface area (Å²) < 4.78 is 7.40. The van der Waals surface area contributed by atoms with E-state index in [-0.39, 0.29) is 5.60 Å².